The Labute approximate surface area is 159 Å². The van der Waals surface area contributed by atoms with Gasteiger partial charge in [0.15, 0.2) is 0 Å². The Bertz CT molecular complexity index is 811. The molecule has 2 rings (SSSR count). The van der Waals surface area contributed by atoms with Gasteiger partial charge in [-0.3, -0.25) is 9.78 Å². The molecule has 0 saturated carbocycles. The lowest BCUT2D eigenvalue weighted by molar-refractivity contribution is -0.121. The zero-order valence-corrected chi connectivity index (χ0v) is 16.1. The van der Waals surface area contributed by atoms with Crippen LogP contribution in [0.1, 0.15) is 17.5 Å². The van der Waals surface area contributed by atoms with Crippen molar-refractivity contribution in [1.29, 1.82) is 0 Å². The van der Waals surface area contributed by atoms with E-state index in [1.54, 1.807) is 36.7 Å². The first-order chi connectivity index (χ1) is 12.3. The lowest BCUT2D eigenvalue weighted by atomic mass is 10.1. The van der Waals surface area contributed by atoms with E-state index < -0.39 is 10.0 Å². The van der Waals surface area contributed by atoms with Crippen LogP contribution in [0, 0.1) is 0 Å². The van der Waals surface area contributed by atoms with E-state index in [9.17, 15) is 13.2 Å². The van der Waals surface area contributed by atoms with Gasteiger partial charge in [0.25, 0.3) is 0 Å². The molecule has 0 aliphatic heterocycles. The van der Waals surface area contributed by atoms with Crippen LogP contribution < -0.4 is 5.32 Å². The number of nitrogens with zero attached hydrogens (tertiary/aromatic N) is 2. The van der Waals surface area contributed by atoms with Crippen molar-refractivity contribution in [1.82, 2.24) is 14.6 Å². The van der Waals surface area contributed by atoms with E-state index in [-0.39, 0.29) is 25.4 Å². The number of hydrogen-bond donors (Lipinski definition) is 1. The van der Waals surface area contributed by atoms with E-state index in [2.05, 4.69) is 10.3 Å². The van der Waals surface area contributed by atoms with Crippen LogP contribution in [0.4, 0.5) is 0 Å². The molecule has 1 aromatic heterocycles. The minimum absolute atomic E-state index is 0.105. The zero-order valence-electron chi connectivity index (χ0n) is 14.6. The van der Waals surface area contributed by atoms with Crippen molar-refractivity contribution in [3.8, 4) is 0 Å². The third kappa shape index (κ3) is 7.11. The Kier molecular flexibility index (Phi) is 7.56. The molecule has 1 heterocycles. The summed E-state index contributed by atoms with van der Waals surface area (Å²) in [6.45, 7) is 0.813. The van der Waals surface area contributed by atoms with Crippen molar-refractivity contribution in [2.75, 3.05) is 19.3 Å². The number of carbonyl (C=O) groups excluding carboxylic acids is 1. The maximum Gasteiger partial charge on any atom is 0.221 e. The summed E-state index contributed by atoms with van der Waals surface area (Å²) < 4.78 is 25.2. The summed E-state index contributed by atoms with van der Waals surface area (Å²) >= 11 is 5.83. The number of nitrogens with one attached hydrogen (secondary N) is 1. The summed E-state index contributed by atoms with van der Waals surface area (Å²) in [5.41, 5.74) is 1.85. The summed E-state index contributed by atoms with van der Waals surface area (Å²) in [5.74, 6) is -0.182. The van der Waals surface area contributed by atoms with Gasteiger partial charge in [0, 0.05) is 43.5 Å². The summed E-state index contributed by atoms with van der Waals surface area (Å²) in [6, 6.07) is 11.0. The average Bonchev–Trinajstić information content (AvgIpc) is 2.60. The van der Waals surface area contributed by atoms with Crippen molar-refractivity contribution in [3.05, 3.63) is 64.9 Å². The number of sulfonamides is 1. The van der Waals surface area contributed by atoms with Gasteiger partial charge in [-0.1, -0.05) is 29.8 Å². The molecule has 6 nitrogen and oxygen atoms in total. The molecule has 1 amide bonds. The van der Waals surface area contributed by atoms with Crippen LogP contribution in [0.25, 0.3) is 0 Å². The lowest BCUT2D eigenvalue weighted by Gasteiger charge is -2.19. The predicted molar refractivity (Wildman–Crippen MR) is 102 cm³/mol. The molecule has 0 aliphatic carbocycles. The fourth-order valence-electron chi connectivity index (χ4n) is 2.37. The number of hydrogen-bond acceptors (Lipinski definition) is 4. The van der Waals surface area contributed by atoms with Crippen molar-refractivity contribution >= 4 is 27.5 Å². The van der Waals surface area contributed by atoms with Gasteiger partial charge in [0.2, 0.25) is 15.9 Å². The van der Waals surface area contributed by atoms with Crippen molar-refractivity contribution in [3.63, 3.8) is 0 Å². The van der Waals surface area contributed by atoms with E-state index in [1.807, 2.05) is 12.1 Å². The number of aromatic nitrogens is 1. The maximum atomic E-state index is 12.0. The summed E-state index contributed by atoms with van der Waals surface area (Å²) in [4.78, 5) is 16.0. The maximum absolute atomic E-state index is 12.0. The van der Waals surface area contributed by atoms with E-state index in [4.69, 9.17) is 11.6 Å². The number of pyridine rings is 1. The molecule has 140 valence electrons. The molecular weight excluding hydrogens is 374 g/mol. The van der Waals surface area contributed by atoms with Gasteiger partial charge < -0.3 is 5.32 Å². The number of rotatable bonds is 9. The lowest BCUT2D eigenvalue weighted by Crippen LogP contribution is -2.34. The molecular formula is C18H22ClN3O3S. The van der Waals surface area contributed by atoms with E-state index in [0.29, 0.717) is 18.0 Å². The average molecular weight is 396 g/mol. The number of halogens is 1. The summed E-state index contributed by atoms with van der Waals surface area (Å²) in [5, 5.41) is 3.48. The third-order valence-corrected chi connectivity index (χ3v) is 5.29. The van der Waals surface area contributed by atoms with Crippen molar-refractivity contribution in [2.24, 2.45) is 0 Å². The second-order valence-electron chi connectivity index (χ2n) is 5.93. The van der Waals surface area contributed by atoms with Gasteiger partial charge in [0.1, 0.15) is 0 Å². The zero-order chi connectivity index (χ0) is 19.0. The highest BCUT2D eigenvalue weighted by Crippen LogP contribution is 2.10. The predicted octanol–water partition coefficient (Wildman–Crippen LogP) is 2.25. The van der Waals surface area contributed by atoms with Gasteiger partial charge in [-0.15, -0.1) is 0 Å². The fourth-order valence-corrected chi connectivity index (χ4v) is 3.30. The summed E-state index contributed by atoms with van der Waals surface area (Å²) in [7, 11) is -3.41. The minimum atomic E-state index is -3.41. The second kappa shape index (κ2) is 9.66. The van der Waals surface area contributed by atoms with E-state index in [1.165, 1.54) is 4.31 Å². The van der Waals surface area contributed by atoms with Crippen LogP contribution in [-0.4, -0.2) is 43.0 Å². The molecule has 1 N–H and O–H groups in total. The van der Waals surface area contributed by atoms with Crippen LogP contribution >= 0.6 is 11.6 Å². The van der Waals surface area contributed by atoms with Gasteiger partial charge in [-0.2, -0.15) is 4.31 Å². The molecule has 8 heteroatoms. The first kappa shape index (κ1) is 20.4. The van der Waals surface area contributed by atoms with Crippen LogP contribution in [0.15, 0.2) is 48.8 Å². The first-order valence-electron chi connectivity index (χ1n) is 8.20. The molecule has 1 aromatic carbocycles. The van der Waals surface area contributed by atoms with Crippen molar-refractivity contribution < 1.29 is 13.2 Å². The quantitative estimate of drug-likeness (QED) is 0.706. The smallest absolute Gasteiger partial charge is 0.221 e. The van der Waals surface area contributed by atoms with Gasteiger partial charge >= 0.3 is 0 Å². The van der Waals surface area contributed by atoms with Crippen LogP contribution in [0.5, 0.6) is 0 Å². The van der Waals surface area contributed by atoms with Gasteiger partial charge in [-0.25, -0.2) is 8.42 Å². The SMILES string of the molecule is CS(=O)(=O)N(CCC(=O)NCCc1ccc(Cl)cc1)Cc1cccnc1. The highest BCUT2D eigenvalue weighted by Gasteiger charge is 2.18. The van der Waals surface area contributed by atoms with Gasteiger partial charge in [0.05, 0.1) is 6.26 Å². The molecule has 0 bridgehead atoms. The molecule has 0 fully saturated rings. The molecule has 26 heavy (non-hydrogen) atoms. The van der Waals surface area contributed by atoms with E-state index >= 15 is 0 Å². The number of carbonyl (C=O) groups is 1. The Hall–Kier alpha value is -1.96. The molecule has 0 aliphatic rings. The molecule has 0 saturated heterocycles. The second-order valence-corrected chi connectivity index (χ2v) is 8.35. The van der Waals surface area contributed by atoms with Crippen LogP contribution in [-0.2, 0) is 27.8 Å². The Morgan fingerprint density at radius 3 is 2.54 bits per heavy atom. The first-order valence-corrected chi connectivity index (χ1v) is 10.4. The Morgan fingerprint density at radius 1 is 1.19 bits per heavy atom. The molecule has 0 unspecified atom stereocenters. The molecule has 2 aromatic rings. The standard InChI is InChI=1S/C18H22ClN3O3S/c1-26(24,25)22(14-16-3-2-10-20-13-16)12-9-18(23)21-11-8-15-4-6-17(19)7-5-15/h2-7,10,13H,8-9,11-12,14H2,1H3,(H,21,23). The highest BCUT2D eigenvalue weighted by molar-refractivity contribution is 7.88. The minimum Gasteiger partial charge on any atom is -0.356 e. The number of benzene rings is 1. The summed E-state index contributed by atoms with van der Waals surface area (Å²) in [6.07, 6.45) is 5.18. The monoisotopic (exact) mass is 395 g/mol. The molecule has 0 spiro atoms. The van der Waals surface area contributed by atoms with Crippen LogP contribution in [0.3, 0.4) is 0 Å². The third-order valence-electron chi connectivity index (χ3n) is 3.79. The Balaban J connectivity index is 1.80. The highest BCUT2D eigenvalue weighted by atomic mass is 35.5. The molecule has 0 radical (unpaired) electrons. The molecule has 0 atom stereocenters. The largest absolute Gasteiger partial charge is 0.356 e. The van der Waals surface area contributed by atoms with Crippen molar-refractivity contribution in [2.45, 2.75) is 19.4 Å². The normalized spacial score (nSPS) is 11.5. The van der Waals surface area contributed by atoms with E-state index in [0.717, 1.165) is 17.4 Å². The van der Waals surface area contributed by atoms with Crippen LogP contribution in [0.2, 0.25) is 5.02 Å². The Morgan fingerprint density at radius 2 is 1.92 bits per heavy atom. The topological polar surface area (TPSA) is 79.4 Å². The van der Waals surface area contributed by atoms with Gasteiger partial charge in [-0.05, 0) is 35.7 Å². The number of amides is 1. The fraction of sp³-hybridized carbons (Fsp3) is 0.333.